The number of benzene rings is 2. The Morgan fingerprint density at radius 1 is 1.19 bits per heavy atom. The van der Waals surface area contributed by atoms with Gasteiger partial charge in [0.05, 0.1) is 12.0 Å². The average Bonchev–Trinajstić information content (AvgIpc) is 3.07. The number of phenolic OH excluding ortho intramolecular Hbond substituents is 1. The van der Waals surface area contributed by atoms with Crippen molar-refractivity contribution in [1.82, 2.24) is 4.90 Å². The van der Waals surface area contributed by atoms with Crippen LogP contribution in [0.25, 0.3) is 11.1 Å². The van der Waals surface area contributed by atoms with Gasteiger partial charge in [-0.1, -0.05) is 23.8 Å². The monoisotopic (exact) mass is 351 g/mol. The second kappa shape index (κ2) is 6.04. The first-order valence-corrected chi connectivity index (χ1v) is 9.29. The first-order valence-electron chi connectivity index (χ1n) is 9.29. The van der Waals surface area contributed by atoms with Gasteiger partial charge in [0.1, 0.15) is 17.1 Å². The van der Waals surface area contributed by atoms with Crippen molar-refractivity contribution >= 4 is 5.91 Å². The van der Waals surface area contributed by atoms with Crippen LogP contribution in [0.1, 0.15) is 43.4 Å². The number of rotatable bonds is 2. The van der Waals surface area contributed by atoms with Crippen LogP contribution in [0.5, 0.6) is 11.5 Å². The molecule has 1 fully saturated rings. The Labute approximate surface area is 154 Å². The fourth-order valence-electron chi connectivity index (χ4n) is 4.08. The number of likely N-dealkylation sites (tertiary alicyclic amines) is 1. The number of carbonyl (C=O) groups excluding carboxylic acids is 1. The lowest BCUT2D eigenvalue weighted by atomic mass is 9.84. The number of phenols is 1. The van der Waals surface area contributed by atoms with E-state index in [1.807, 2.05) is 31.7 Å². The van der Waals surface area contributed by atoms with Crippen LogP contribution in [0.3, 0.4) is 0 Å². The molecule has 4 heteroatoms. The highest BCUT2D eigenvalue weighted by Gasteiger charge is 2.34. The molecule has 4 nitrogen and oxygen atoms in total. The Kier molecular flexibility index (Phi) is 3.94. The van der Waals surface area contributed by atoms with E-state index in [4.69, 9.17) is 4.74 Å². The van der Waals surface area contributed by atoms with E-state index in [0.717, 1.165) is 53.7 Å². The van der Waals surface area contributed by atoms with Crippen LogP contribution in [0.2, 0.25) is 0 Å². The van der Waals surface area contributed by atoms with Gasteiger partial charge >= 0.3 is 0 Å². The number of nitrogens with zero attached hydrogens (tertiary/aromatic N) is 1. The molecule has 2 aromatic carbocycles. The molecule has 0 unspecified atom stereocenters. The van der Waals surface area contributed by atoms with Gasteiger partial charge in [-0.25, -0.2) is 0 Å². The SMILES string of the molecule is Cc1ccc2c(c1)-c1c(O)cc(CC(=O)N3CCCC3)cc1OC2(C)C. The van der Waals surface area contributed by atoms with E-state index in [0.29, 0.717) is 12.2 Å². The maximum Gasteiger partial charge on any atom is 0.226 e. The minimum atomic E-state index is -0.486. The number of aryl methyl sites for hydroxylation is 1. The van der Waals surface area contributed by atoms with Gasteiger partial charge < -0.3 is 14.7 Å². The van der Waals surface area contributed by atoms with Crippen molar-refractivity contribution in [2.24, 2.45) is 0 Å². The molecular weight excluding hydrogens is 326 g/mol. The molecule has 0 radical (unpaired) electrons. The van der Waals surface area contributed by atoms with E-state index in [2.05, 4.69) is 18.2 Å². The maximum atomic E-state index is 12.5. The van der Waals surface area contributed by atoms with Crippen LogP contribution < -0.4 is 4.74 Å². The van der Waals surface area contributed by atoms with Gasteiger partial charge in [0.25, 0.3) is 0 Å². The third-order valence-electron chi connectivity index (χ3n) is 5.41. The molecule has 1 N–H and O–H groups in total. The fraction of sp³-hybridized carbons (Fsp3) is 0.409. The molecule has 4 rings (SSSR count). The summed E-state index contributed by atoms with van der Waals surface area (Å²) in [5.41, 5.74) is 4.24. The summed E-state index contributed by atoms with van der Waals surface area (Å²) < 4.78 is 6.23. The van der Waals surface area contributed by atoms with Crippen molar-refractivity contribution < 1.29 is 14.6 Å². The number of aromatic hydroxyl groups is 1. The molecule has 0 spiro atoms. The average molecular weight is 351 g/mol. The quantitative estimate of drug-likeness (QED) is 0.884. The molecular formula is C22H25NO3. The third-order valence-corrected chi connectivity index (χ3v) is 5.41. The van der Waals surface area contributed by atoms with Gasteiger partial charge in [0.2, 0.25) is 5.91 Å². The van der Waals surface area contributed by atoms with Crippen LogP contribution in [0.15, 0.2) is 30.3 Å². The van der Waals surface area contributed by atoms with E-state index < -0.39 is 5.60 Å². The highest BCUT2D eigenvalue weighted by molar-refractivity contribution is 5.84. The standard InChI is InChI=1S/C22H25NO3/c1-14-6-7-17-16(10-14)21-18(24)11-15(12-19(21)26-22(17,2)3)13-20(25)23-8-4-5-9-23/h6-7,10-12,24H,4-5,8-9,13H2,1-3H3. The lowest BCUT2D eigenvalue weighted by Gasteiger charge is -2.35. The number of hydrogen-bond acceptors (Lipinski definition) is 3. The van der Waals surface area contributed by atoms with E-state index in [-0.39, 0.29) is 11.7 Å². The predicted molar refractivity (Wildman–Crippen MR) is 101 cm³/mol. The largest absolute Gasteiger partial charge is 0.507 e. The van der Waals surface area contributed by atoms with E-state index >= 15 is 0 Å². The Hall–Kier alpha value is -2.49. The van der Waals surface area contributed by atoms with Crippen molar-refractivity contribution in [1.29, 1.82) is 0 Å². The lowest BCUT2D eigenvalue weighted by Crippen LogP contribution is -2.30. The molecule has 1 amide bonds. The topological polar surface area (TPSA) is 49.8 Å². The van der Waals surface area contributed by atoms with Gasteiger partial charge in [0, 0.05) is 18.7 Å². The van der Waals surface area contributed by atoms with E-state index in [1.54, 1.807) is 6.07 Å². The minimum Gasteiger partial charge on any atom is -0.507 e. The molecule has 2 heterocycles. The third kappa shape index (κ3) is 2.83. The number of fused-ring (bicyclic) bond motifs is 3. The molecule has 0 bridgehead atoms. The molecule has 136 valence electrons. The van der Waals surface area contributed by atoms with Crippen molar-refractivity contribution in [2.45, 2.75) is 45.6 Å². The van der Waals surface area contributed by atoms with Crippen LogP contribution in [0, 0.1) is 6.92 Å². The molecule has 2 aliphatic heterocycles. The summed E-state index contributed by atoms with van der Waals surface area (Å²) in [7, 11) is 0. The molecule has 0 saturated carbocycles. The van der Waals surface area contributed by atoms with Gasteiger partial charge in [-0.3, -0.25) is 4.79 Å². The molecule has 0 atom stereocenters. The number of amides is 1. The van der Waals surface area contributed by atoms with Crippen LogP contribution in [-0.4, -0.2) is 29.0 Å². The zero-order valence-corrected chi connectivity index (χ0v) is 15.6. The van der Waals surface area contributed by atoms with Crippen molar-refractivity contribution in [3.63, 3.8) is 0 Å². The Morgan fingerprint density at radius 2 is 1.92 bits per heavy atom. The highest BCUT2D eigenvalue weighted by Crippen LogP contribution is 2.49. The lowest BCUT2D eigenvalue weighted by molar-refractivity contribution is -0.129. The summed E-state index contributed by atoms with van der Waals surface area (Å²) in [5.74, 6) is 0.944. The minimum absolute atomic E-state index is 0.119. The first-order chi connectivity index (χ1) is 12.3. The number of carbonyl (C=O) groups is 1. The second-order valence-electron chi connectivity index (χ2n) is 7.91. The molecule has 0 aromatic heterocycles. The van der Waals surface area contributed by atoms with Crippen LogP contribution in [0.4, 0.5) is 0 Å². The number of ether oxygens (including phenoxy) is 1. The highest BCUT2D eigenvalue weighted by atomic mass is 16.5. The fourth-order valence-corrected chi connectivity index (χ4v) is 4.08. The number of hydrogen-bond donors (Lipinski definition) is 1. The molecule has 1 saturated heterocycles. The van der Waals surface area contributed by atoms with Crippen molar-refractivity contribution in [3.05, 3.63) is 47.0 Å². The van der Waals surface area contributed by atoms with Crippen LogP contribution >= 0.6 is 0 Å². The van der Waals surface area contributed by atoms with E-state index in [1.165, 1.54) is 0 Å². The molecule has 0 aliphatic carbocycles. The summed E-state index contributed by atoms with van der Waals surface area (Å²) in [6.45, 7) is 7.78. The Morgan fingerprint density at radius 3 is 2.65 bits per heavy atom. The summed E-state index contributed by atoms with van der Waals surface area (Å²) in [4.78, 5) is 14.4. The zero-order valence-electron chi connectivity index (χ0n) is 15.6. The predicted octanol–water partition coefficient (Wildman–Crippen LogP) is 4.16. The molecule has 26 heavy (non-hydrogen) atoms. The van der Waals surface area contributed by atoms with E-state index in [9.17, 15) is 9.90 Å². The second-order valence-corrected chi connectivity index (χ2v) is 7.91. The van der Waals surface area contributed by atoms with Gasteiger partial charge in [-0.05, 0) is 56.9 Å². The Balaban J connectivity index is 1.74. The van der Waals surface area contributed by atoms with Gasteiger partial charge in [0.15, 0.2) is 0 Å². The molecule has 2 aliphatic rings. The first kappa shape index (κ1) is 17.0. The normalized spacial score (nSPS) is 17.4. The zero-order chi connectivity index (χ0) is 18.5. The molecule has 2 aromatic rings. The van der Waals surface area contributed by atoms with Gasteiger partial charge in [-0.15, -0.1) is 0 Å². The smallest absolute Gasteiger partial charge is 0.226 e. The van der Waals surface area contributed by atoms with Gasteiger partial charge in [-0.2, -0.15) is 0 Å². The van der Waals surface area contributed by atoms with Crippen LogP contribution in [-0.2, 0) is 16.8 Å². The summed E-state index contributed by atoms with van der Waals surface area (Å²) in [6, 6.07) is 9.84. The summed E-state index contributed by atoms with van der Waals surface area (Å²) in [6.07, 6.45) is 2.45. The van der Waals surface area contributed by atoms with Crippen molar-refractivity contribution in [2.75, 3.05) is 13.1 Å². The van der Waals surface area contributed by atoms with Crippen molar-refractivity contribution in [3.8, 4) is 22.6 Å². The summed E-state index contributed by atoms with van der Waals surface area (Å²) >= 11 is 0. The maximum absolute atomic E-state index is 12.5. The Bertz CT molecular complexity index is 879. The summed E-state index contributed by atoms with van der Waals surface area (Å²) in [5, 5.41) is 10.7.